The number of benzene rings is 1. The Labute approximate surface area is 210 Å². The van der Waals surface area contributed by atoms with Gasteiger partial charge in [0, 0.05) is 44.7 Å². The lowest BCUT2D eigenvalue weighted by Crippen LogP contribution is -2.49. The van der Waals surface area contributed by atoms with E-state index in [1.165, 1.54) is 35.8 Å². The average Bonchev–Trinajstić information content (AvgIpc) is 3.66. The molecule has 1 saturated carbocycles. The molecular formula is C27H34N4O3S. The first-order valence-corrected chi connectivity index (χ1v) is 14.1. The summed E-state index contributed by atoms with van der Waals surface area (Å²) in [5, 5.41) is 23.2. The van der Waals surface area contributed by atoms with Crippen molar-refractivity contribution in [1.29, 1.82) is 0 Å². The van der Waals surface area contributed by atoms with Crippen LogP contribution < -0.4 is 4.90 Å². The standard InChI is InChI=1S/C27H34N4O3S/c32-26-23-20-9-10-21(34-20)24(23)27(33)31(26)16-18-6-2-1-5-17(18)15-29-11-13-30(14-12-29)25-19-7-3-4-8-22(19)35-28-25/h3-4,7-8,17-18,20-21,32-33H,1-2,5-6,9-16H2. The lowest BCUT2D eigenvalue weighted by atomic mass is 9.78. The molecule has 2 saturated heterocycles. The second kappa shape index (κ2) is 8.68. The Kier molecular flexibility index (Phi) is 5.44. The summed E-state index contributed by atoms with van der Waals surface area (Å²) in [5.41, 5.74) is 1.72. The van der Waals surface area contributed by atoms with Crippen LogP contribution in [0.15, 0.2) is 24.3 Å². The lowest BCUT2D eigenvalue weighted by Gasteiger charge is -2.40. The van der Waals surface area contributed by atoms with Crippen molar-refractivity contribution < 1.29 is 14.9 Å². The van der Waals surface area contributed by atoms with Crippen LogP contribution in [0.2, 0.25) is 0 Å². The van der Waals surface area contributed by atoms with Crippen LogP contribution in [-0.2, 0) is 11.3 Å². The van der Waals surface area contributed by atoms with E-state index in [4.69, 9.17) is 9.11 Å². The molecule has 3 aromatic rings. The third-order valence-electron chi connectivity index (χ3n) is 8.95. The normalized spacial score (nSPS) is 28.7. The lowest BCUT2D eigenvalue weighted by molar-refractivity contribution is 0.0669. The van der Waals surface area contributed by atoms with Gasteiger partial charge in [-0.1, -0.05) is 25.0 Å². The van der Waals surface area contributed by atoms with E-state index in [9.17, 15) is 10.2 Å². The van der Waals surface area contributed by atoms with Crippen molar-refractivity contribution in [3.8, 4) is 11.8 Å². The van der Waals surface area contributed by atoms with Gasteiger partial charge in [-0.2, -0.15) is 4.37 Å². The first-order valence-electron chi connectivity index (χ1n) is 13.3. The third kappa shape index (κ3) is 3.64. The molecule has 2 bridgehead atoms. The van der Waals surface area contributed by atoms with Gasteiger partial charge in [0.05, 0.1) is 28.0 Å². The fraction of sp³-hybridized carbons (Fsp3) is 0.593. The van der Waals surface area contributed by atoms with Crippen LogP contribution in [0.1, 0.15) is 61.9 Å². The van der Waals surface area contributed by atoms with E-state index in [-0.39, 0.29) is 24.0 Å². The highest BCUT2D eigenvalue weighted by Gasteiger charge is 2.45. The number of aromatic hydroxyl groups is 2. The van der Waals surface area contributed by atoms with Crippen LogP contribution in [0.4, 0.5) is 5.82 Å². The smallest absolute Gasteiger partial charge is 0.200 e. The Hall–Kier alpha value is -2.29. The zero-order valence-electron chi connectivity index (χ0n) is 20.1. The maximum Gasteiger partial charge on any atom is 0.200 e. The van der Waals surface area contributed by atoms with Crippen molar-refractivity contribution in [1.82, 2.24) is 13.8 Å². The summed E-state index contributed by atoms with van der Waals surface area (Å²) in [6.45, 7) is 5.96. The topological polar surface area (TPSA) is 74.0 Å². The van der Waals surface area contributed by atoms with E-state index in [1.807, 2.05) is 0 Å². The minimum absolute atomic E-state index is 0.0320. The average molecular weight is 495 g/mol. The van der Waals surface area contributed by atoms with E-state index in [0.29, 0.717) is 18.4 Å². The first-order chi connectivity index (χ1) is 17.2. The van der Waals surface area contributed by atoms with Crippen molar-refractivity contribution in [2.45, 2.75) is 57.3 Å². The summed E-state index contributed by atoms with van der Waals surface area (Å²) in [5.74, 6) is 2.72. The van der Waals surface area contributed by atoms with Gasteiger partial charge in [-0.25, -0.2) is 0 Å². The van der Waals surface area contributed by atoms with Gasteiger partial charge in [-0.3, -0.25) is 9.47 Å². The van der Waals surface area contributed by atoms with Crippen LogP contribution in [-0.4, -0.2) is 56.8 Å². The highest BCUT2D eigenvalue weighted by atomic mass is 32.1. The molecule has 0 radical (unpaired) electrons. The van der Waals surface area contributed by atoms with E-state index in [1.54, 1.807) is 16.1 Å². The van der Waals surface area contributed by atoms with Gasteiger partial charge in [0.25, 0.3) is 0 Å². The number of anilines is 1. The number of fused-ring (bicyclic) bond motifs is 6. The summed E-state index contributed by atoms with van der Waals surface area (Å²) < 4.78 is 13.7. The van der Waals surface area contributed by atoms with Crippen LogP contribution in [0.25, 0.3) is 10.1 Å². The number of hydrogen-bond donors (Lipinski definition) is 2. The van der Waals surface area contributed by atoms with Crippen LogP contribution in [0.3, 0.4) is 0 Å². The largest absolute Gasteiger partial charge is 0.494 e. The maximum atomic E-state index is 11.0. The monoisotopic (exact) mass is 494 g/mol. The van der Waals surface area contributed by atoms with E-state index in [0.717, 1.165) is 62.5 Å². The Morgan fingerprint density at radius 1 is 0.857 bits per heavy atom. The van der Waals surface area contributed by atoms with Crippen LogP contribution in [0, 0.1) is 11.8 Å². The molecule has 186 valence electrons. The molecule has 1 aromatic carbocycles. The van der Waals surface area contributed by atoms with Gasteiger partial charge in [-0.05, 0) is 61.2 Å². The Morgan fingerprint density at radius 2 is 1.51 bits per heavy atom. The molecule has 7 nitrogen and oxygen atoms in total. The molecule has 4 atom stereocenters. The van der Waals surface area contributed by atoms with Crippen molar-refractivity contribution in [3.05, 3.63) is 35.4 Å². The second-order valence-electron chi connectivity index (χ2n) is 10.9. The molecule has 8 heteroatoms. The molecule has 0 spiro atoms. The Balaban J connectivity index is 1.02. The summed E-state index contributed by atoms with van der Waals surface area (Å²) in [7, 11) is 0. The second-order valence-corrected chi connectivity index (χ2v) is 11.7. The molecule has 35 heavy (non-hydrogen) atoms. The van der Waals surface area contributed by atoms with E-state index in [2.05, 4.69) is 34.1 Å². The number of ether oxygens (including phenoxy) is 1. The predicted octanol–water partition coefficient (Wildman–Crippen LogP) is 5.04. The molecule has 3 fully saturated rings. The van der Waals surface area contributed by atoms with Crippen molar-refractivity contribution in [3.63, 3.8) is 0 Å². The summed E-state index contributed by atoms with van der Waals surface area (Å²) in [6.07, 6.45) is 6.75. The predicted molar refractivity (Wildman–Crippen MR) is 137 cm³/mol. The Morgan fingerprint density at radius 3 is 2.23 bits per heavy atom. The number of nitrogens with zero attached hydrogens (tertiary/aromatic N) is 4. The van der Waals surface area contributed by atoms with Gasteiger partial charge < -0.3 is 19.8 Å². The Bertz CT molecular complexity index is 1200. The first kappa shape index (κ1) is 21.9. The molecular weight excluding hydrogens is 460 g/mol. The maximum absolute atomic E-state index is 11.0. The molecule has 7 rings (SSSR count). The van der Waals surface area contributed by atoms with Gasteiger partial charge in [0.15, 0.2) is 11.8 Å². The van der Waals surface area contributed by atoms with E-state index >= 15 is 0 Å². The minimum Gasteiger partial charge on any atom is -0.494 e. The molecule has 0 amide bonds. The number of piperazine rings is 1. The zero-order chi connectivity index (χ0) is 23.5. The fourth-order valence-corrected chi connectivity index (χ4v) is 7.87. The van der Waals surface area contributed by atoms with Gasteiger partial charge >= 0.3 is 0 Å². The molecule has 4 aliphatic rings. The summed E-state index contributed by atoms with van der Waals surface area (Å²) in [4.78, 5) is 5.07. The SMILES string of the molecule is Oc1c2c(c(O)n1CC1CCCCC1CN1CCN(c3nsc4ccccc34)CC1)C1CCC2O1. The van der Waals surface area contributed by atoms with Crippen molar-refractivity contribution in [2.75, 3.05) is 37.6 Å². The third-order valence-corrected chi connectivity index (χ3v) is 9.77. The quantitative estimate of drug-likeness (QED) is 0.518. The van der Waals surface area contributed by atoms with Gasteiger partial charge in [0.2, 0.25) is 0 Å². The number of rotatable bonds is 5. The molecule has 4 unspecified atom stereocenters. The summed E-state index contributed by atoms with van der Waals surface area (Å²) >= 11 is 1.60. The minimum atomic E-state index is -0.0320. The van der Waals surface area contributed by atoms with Crippen LogP contribution >= 0.6 is 11.5 Å². The molecule has 5 heterocycles. The van der Waals surface area contributed by atoms with Crippen molar-refractivity contribution >= 4 is 27.4 Å². The highest BCUT2D eigenvalue weighted by molar-refractivity contribution is 7.13. The van der Waals surface area contributed by atoms with E-state index < -0.39 is 0 Å². The van der Waals surface area contributed by atoms with Gasteiger partial charge in [-0.15, -0.1) is 0 Å². The number of hydrogen-bond acceptors (Lipinski definition) is 7. The zero-order valence-corrected chi connectivity index (χ0v) is 20.9. The molecule has 2 N–H and O–H groups in total. The van der Waals surface area contributed by atoms with Crippen LogP contribution in [0.5, 0.6) is 11.8 Å². The highest BCUT2D eigenvalue weighted by Crippen LogP contribution is 2.58. The fourth-order valence-electron chi connectivity index (χ4n) is 7.08. The molecule has 2 aromatic heterocycles. The number of aromatic nitrogens is 2. The molecule has 1 aliphatic carbocycles. The van der Waals surface area contributed by atoms with Crippen molar-refractivity contribution in [2.24, 2.45) is 11.8 Å². The molecule has 3 aliphatic heterocycles. The van der Waals surface area contributed by atoms with Gasteiger partial charge in [0.1, 0.15) is 5.82 Å². The summed E-state index contributed by atoms with van der Waals surface area (Å²) in [6, 6.07) is 8.53.